The molecule has 1 heterocycles. The highest BCUT2D eigenvalue weighted by molar-refractivity contribution is 6.15. The van der Waals surface area contributed by atoms with Gasteiger partial charge in [0.05, 0.1) is 0 Å². The number of unbranched alkanes of at least 4 members (excludes halogenated alkanes) is 3. The summed E-state index contributed by atoms with van der Waals surface area (Å²) in [5.74, 6) is -0.807. The van der Waals surface area contributed by atoms with Crippen LogP contribution in [0.5, 0.6) is 0 Å². The maximum Gasteiger partial charge on any atom is 0.331 e. The molecule has 1 rings (SSSR count). The third-order valence-corrected chi connectivity index (χ3v) is 4.49. The van der Waals surface area contributed by atoms with Crippen LogP contribution in [-0.4, -0.2) is 34.9 Å². The topological polar surface area (TPSA) is 105 Å². The van der Waals surface area contributed by atoms with Crippen LogP contribution in [0.2, 0.25) is 0 Å². The molecular weight excluding hydrogens is 306 g/mol. The van der Waals surface area contributed by atoms with E-state index in [9.17, 15) is 9.59 Å². The van der Waals surface area contributed by atoms with Crippen LogP contribution < -0.4 is 11.1 Å². The number of amidine groups is 1. The normalized spacial score (nSPS) is 20.8. The van der Waals surface area contributed by atoms with Gasteiger partial charge in [-0.15, -0.1) is 0 Å². The molecule has 1 aliphatic heterocycles. The number of hydrogen-bond donors (Lipinski definition) is 3. The molecule has 0 fully saturated rings. The van der Waals surface area contributed by atoms with Gasteiger partial charge in [-0.3, -0.25) is 4.79 Å². The number of carboxylic acids is 1. The van der Waals surface area contributed by atoms with Crippen molar-refractivity contribution >= 4 is 17.7 Å². The number of amides is 1. The summed E-state index contributed by atoms with van der Waals surface area (Å²) in [6, 6.07) is 0. The summed E-state index contributed by atoms with van der Waals surface area (Å²) in [4.78, 5) is 26.6. The molecule has 0 aromatic carbocycles. The third-order valence-electron chi connectivity index (χ3n) is 4.49. The highest BCUT2D eigenvalue weighted by Crippen LogP contribution is 2.24. The predicted molar refractivity (Wildman–Crippen MR) is 98.0 cm³/mol. The minimum atomic E-state index is -1.00. The Hall–Kier alpha value is -1.69. The molecule has 6 nitrogen and oxygen atoms in total. The molecule has 0 aliphatic carbocycles. The highest BCUT2D eigenvalue weighted by atomic mass is 16.4. The molecule has 0 saturated heterocycles. The van der Waals surface area contributed by atoms with E-state index in [1.54, 1.807) is 13.8 Å². The van der Waals surface area contributed by atoms with Crippen LogP contribution in [0.15, 0.2) is 16.1 Å². The number of nitrogens with two attached hydrogens (primary N) is 1. The van der Waals surface area contributed by atoms with Crippen molar-refractivity contribution in [3.8, 4) is 0 Å². The molecule has 0 bridgehead atoms. The molecule has 0 saturated carbocycles. The Bertz CT molecular complexity index is 506. The van der Waals surface area contributed by atoms with Gasteiger partial charge >= 0.3 is 5.97 Å². The number of carbonyl (C=O) groups is 2. The number of hydrogen-bond acceptors (Lipinski definition) is 4. The first kappa shape index (κ1) is 22.3. The average molecular weight is 339 g/mol. The summed E-state index contributed by atoms with van der Waals surface area (Å²) in [5, 5.41) is 11.9. The maximum atomic E-state index is 11.8. The Morgan fingerprint density at radius 2 is 1.88 bits per heavy atom. The maximum absolute atomic E-state index is 11.8. The summed E-state index contributed by atoms with van der Waals surface area (Å²) in [7, 11) is 0. The molecule has 1 unspecified atom stereocenters. The molecule has 0 spiro atoms. The first-order valence-corrected chi connectivity index (χ1v) is 8.64. The van der Waals surface area contributed by atoms with E-state index in [0.29, 0.717) is 11.4 Å². The van der Waals surface area contributed by atoms with E-state index in [2.05, 4.69) is 17.2 Å². The van der Waals surface area contributed by atoms with Crippen LogP contribution in [0.25, 0.3) is 0 Å². The van der Waals surface area contributed by atoms with E-state index in [1.807, 2.05) is 13.8 Å². The van der Waals surface area contributed by atoms with Crippen molar-refractivity contribution in [2.45, 2.75) is 72.8 Å². The van der Waals surface area contributed by atoms with Crippen LogP contribution in [-0.2, 0) is 9.59 Å². The van der Waals surface area contributed by atoms with Crippen molar-refractivity contribution in [2.24, 2.45) is 16.6 Å². The Balaban J connectivity index is 0.000000640. The van der Waals surface area contributed by atoms with Crippen molar-refractivity contribution in [3.05, 3.63) is 11.1 Å². The van der Waals surface area contributed by atoms with Crippen LogP contribution >= 0.6 is 0 Å². The van der Waals surface area contributed by atoms with Gasteiger partial charge in [-0.1, -0.05) is 40.0 Å². The fraction of sp³-hybridized carbons (Fsp3) is 0.722. The Morgan fingerprint density at radius 1 is 1.29 bits per heavy atom. The van der Waals surface area contributed by atoms with Crippen LogP contribution in [0.3, 0.4) is 0 Å². The number of aliphatic carboxylic acids is 1. The van der Waals surface area contributed by atoms with Crippen molar-refractivity contribution in [1.82, 2.24) is 5.32 Å². The highest BCUT2D eigenvalue weighted by Gasteiger charge is 2.42. The zero-order valence-corrected chi connectivity index (χ0v) is 15.9. The number of nitrogens with zero attached hydrogens (tertiary/aromatic N) is 1. The average Bonchev–Trinajstić information content (AvgIpc) is 2.84. The largest absolute Gasteiger partial charge is 0.478 e. The molecule has 1 atom stereocenters. The van der Waals surface area contributed by atoms with Gasteiger partial charge < -0.3 is 16.2 Å². The number of nitrogens with one attached hydrogen (secondary N) is 1. The fourth-order valence-corrected chi connectivity index (χ4v) is 2.02. The molecule has 0 aromatic heterocycles. The molecule has 24 heavy (non-hydrogen) atoms. The summed E-state index contributed by atoms with van der Waals surface area (Å²) >= 11 is 0. The lowest BCUT2D eigenvalue weighted by Gasteiger charge is -2.27. The molecule has 0 radical (unpaired) electrons. The lowest BCUT2D eigenvalue weighted by molar-refractivity contribution is -0.132. The molecule has 0 aromatic rings. The van der Waals surface area contributed by atoms with E-state index in [4.69, 9.17) is 10.8 Å². The van der Waals surface area contributed by atoms with Crippen molar-refractivity contribution in [3.63, 3.8) is 0 Å². The van der Waals surface area contributed by atoms with Gasteiger partial charge in [-0.2, -0.15) is 4.99 Å². The van der Waals surface area contributed by atoms with Gasteiger partial charge in [-0.05, 0) is 39.7 Å². The number of aliphatic imine (C=N–C) groups is 1. The predicted octanol–water partition coefficient (Wildman–Crippen LogP) is 2.88. The van der Waals surface area contributed by atoms with Gasteiger partial charge in [0.25, 0.3) is 5.91 Å². The van der Waals surface area contributed by atoms with Crippen LogP contribution in [0, 0.1) is 5.92 Å². The Labute approximate surface area is 145 Å². The summed E-state index contributed by atoms with van der Waals surface area (Å²) in [6.45, 7) is 11.8. The Morgan fingerprint density at radius 3 is 2.25 bits per heavy atom. The summed E-state index contributed by atoms with van der Waals surface area (Å²) < 4.78 is 0. The summed E-state index contributed by atoms with van der Waals surface area (Å²) in [6.07, 6.45) is 5.16. The lowest BCUT2D eigenvalue weighted by atomic mass is 9.88. The van der Waals surface area contributed by atoms with E-state index < -0.39 is 11.5 Å². The fourth-order valence-electron chi connectivity index (χ4n) is 2.02. The van der Waals surface area contributed by atoms with Crippen LogP contribution in [0.1, 0.15) is 67.2 Å². The summed E-state index contributed by atoms with van der Waals surface area (Å²) in [5.41, 5.74) is 5.22. The van der Waals surface area contributed by atoms with E-state index >= 15 is 0 Å². The van der Waals surface area contributed by atoms with Gasteiger partial charge in [0.2, 0.25) is 0 Å². The monoisotopic (exact) mass is 339 g/mol. The number of carbonyl (C=O) groups excluding carboxylic acids is 1. The van der Waals surface area contributed by atoms with Gasteiger partial charge in [0, 0.05) is 11.1 Å². The van der Waals surface area contributed by atoms with Gasteiger partial charge in [0.1, 0.15) is 11.4 Å². The van der Waals surface area contributed by atoms with Gasteiger partial charge in [0.15, 0.2) is 0 Å². The van der Waals surface area contributed by atoms with Gasteiger partial charge in [-0.25, -0.2) is 4.79 Å². The third kappa shape index (κ3) is 6.07. The van der Waals surface area contributed by atoms with Crippen molar-refractivity contribution < 1.29 is 14.7 Å². The standard InChI is InChI=1S/C12H18N2O3.C6H15N/c1-6(2)12(5)11(17)13-9(14-12)7(3)8(4)10(15)16;1-2-3-4-5-6-7/h6H,1-5H3,(H,15,16)(H,13,14,17);2-7H2,1H3. The van der Waals surface area contributed by atoms with E-state index in [0.717, 1.165) is 6.54 Å². The first-order valence-electron chi connectivity index (χ1n) is 8.64. The van der Waals surface area contributed by atoms with Crippen molar-refractivity contribution in [1.29, 1.82) is 0 Å². The SMILES string of the molecule is CC(C(=O)O)=C(C)C1=NC(=O)C(C)(C(C)C)N1.CCCCCCN. The molecule has 1 amide bonds. The molecule has 4 N–H and O–H groups in total. The molecule has 1 aliphatic rings. The lowest BCUT2D eigenvalue weighted by Crippen LogP contribution is -2.50. The second-order valence-corrected chi connectivity index (χ2v) is 6.65. The molecular formula is C18H33N3O3. The van der Waals surface area contributed by atoms with Crippen LogP contribution in [0.4, 0.5) is 0 Å². The van der Waals surface area contributed by atoms with Crippen molar-refractivity contribution in [2.75, 3.05) is 6.54 Å². The second-order valence-electron chi connectivity index (χ2n) is 6.65. The van der Waals surface area contributed by atoms with E-state index in [-0.39, 0.29) is 17.4 Å². The Kier molecular flexibility index (Phi) is 9.51. The zero-order valence-electron chi connectivity index (χ0n) is 15.9. The quantitative estimate of drug-likeness (QED) is 0.488. The van der Waals surface area contributed by atoms with E-state index in [1.165, 1.54) is 32.6 Å². The molecule has 138 valence electrons. The smallest absolute Gasteiger partial charge is 0.331 e. The minimum Gasteiger partial charge on any atom is -0.478 e. The number of rotatable bonds is 7. The molecule has 6 heteroatoms. The number of carboxylic acid groups (broad SMARTS) is 1. The first-order chi connectivity index (χ1) is 11.1. The second kappa shape index (κ2) is 10.2. The zero-order chi connectivity index (χ0) is 18.9. The minimum absolute atomic E-state index is 0.0779.